The predicted octanol–water partition coefficient (Wildman–Crippen LogP) is 2.36. The molecule has 8 heteroatoms. The molecule has 3 aromatic rings. The molecule has 0 saturated heterocycles. The van der Waals surface area contributed by atoms with Crippen LogP contribution in [0, 0.1) is 0 Å². The molecule has 124 valence electrons. The standard InChI is InChI=1S/C16H17N5O2S/c1-10(12-5-3-4-6-13(12)23-2)19-14(22)7-11-8-24-16(20-11)15-17-9-18-21-15/h3-6,8-10H,7H2,1-2H3,(H,19,22)(H,17,18,21). The van der Waals surface area contributed by atoms with Crippen molar-refractivity contribution in [1.29, 1.82) is 0 Å². The number of amides is 1. The fourth-order valence-corrected chi connectivity index (χ4v) is 3.13. The molecule has 1 amide bonds. The molecule has 2 heterocycles. The number of nitrogens with one attached hydrogen (secondary N) is 2. The van der Waals surface area contributed by atoms with Crippen LogP contribution in [0.25, 0.3) is 10.8 Å². The molecule has 0 bridgehead atoms. The number of ether oxygens (including phenoxy) is 1. The minimum Gasteiger partial charge on any atom is -0.496 e. The number of rotatable bonds is 6. The third-order valence-corrected chi connectivity index (χ3v) is 4.39. The number of carbonyl (C=O) groups excluding carboxylic acids is 1. The Balaban J connectivity index is 1.63. The summed E-state index contributed by atoms with van der Waals surface area (Å²) in [5.74, 6) is 1.27. The van der Waals surface area contributed by atoms with Gasteiger partial charge in [-0.1, -0.05) is 18.2 Å². The summed E-state index contributed by atoms with van der Waals surface area (Å²) >= 11 is 1.43. The third-order valence-electron chi connectivity index (χ3n) is 3.49. The van der Waals surface area contributed by atoms with Crippen LogP contribution in [0.1, 0.15) is 24.2 Å². The lowest BCUT2D eigenvalue weighted by Crippen LogP contribution is -2.28. The van der Waals surface area contributed by atoms with Crippen LogP contribution in [0.4, 0.5) is 0 Å². The molecule has 2 N–H and O–H groups in total. The van der Waals surface area contributed by atoms with E-state index in [1.807, 2.05) is 36.6 Å². The molecule has 1 atom stereocenters. The molecule has 1 aromatic carbocycles. The molecular formula is C16H17N5O2S. The number of nitrogens with zero attached hydrogens (tertiary/aromatic N) is 3. The zero-order valence-corrected chi connectivity index (χ0v) is 14.1. The van der Waals surface area contributed by atoms with Crippen molar-refractivity contribution >= 4 is 17.2 Å². The second-order valence-corrected chi connectivity index (χ2v) is 6.04. The summed E-state index contributed by atoms with van der Waals surface area (Å²) in [7, 11) is 1.62. The van der Waals surface area contributed by atoms with E-state index in [0.717, 1.165) is 11.3 Å². The molecule has 24 heavy (non-hydrogen) atoms. The van der Waals surface area contributed by atoms with Gasteiger partial charge in [0.25, 0.3) is 0 Å². The Hall–Kier alpha value is -2.74. The second-order valence-electron chi connectivity index (χ2n) is 5.19. The monoisotopic (exact) mass is 343 g/mol. The van der Waals surface area contributed by atoms with E-state index >= 15 is 0 Å². The molecular weight excluding hydrogens is 326 g/mol. The van der Waals surface area contributed by atoms with Crippen molar-refractivity contribution < 1.29 is 9.53 Å². The average molecular weight is 343 g/mol. The highest BCUT2D eigenvalue weighted by Gasteiger charge is 2.15. The molecule has 0 aliphatic carbocycles. The van der Waals surface area contributed by atoms with Crippen molar-refractivity contribution in [2.75, 3.05) is 7.11 Å². The van der Waals surface area contributed by atoms with Gasteiger partial charge in [-0.15, -0.1) is 11.3 Å². The lowest BCUT2D eigenvalue weighted by Gasteiger charge is -2.16. The van der Waals surface area contributed by atoms with Gasteiger partial charge < -0.3 is 10.1 Å². The number of aromatic nitrogens is 4. The van der Waals surface area contributed by atoms with Crippen LogP contribution in [-0.4, -0.2) is 33.2 Å². The number of benzene rings is 1. The molecule has 0 spiro atoms. The van der Waals surface area contributed by atoms with E-state index in [2.05, 4.69) is 25.5 Å². The van der Waals surface area contributed by atoms with Gasteiger partial charge in [-0.05, 0) is 13.0 Å². The van der Waals surface area contributed by atoms with Crippen molar-refractivity contribution in [2.45, 2.75) is 19.4 Å². The number of H-pyrrole nitrogens is 1. The van der Waals surface area contributed by atoms with E-state index in [-0.39, 0.29) is 18.4 Å². The van der Waals surface area contributed by atoms with E-state index in [1.54, 1.807) is 7.11 Å². The van der Waals surface area contributed by atoms with E-state index in [1.165, 1.54) is 17.7 Å². The molecule has 2 aromatic heterocycles. The van der Waals surface area contributed by atoms with Crippen molar-refractivity contribution in [3.63, 3.8) is 0 Å². The summed E-state index contributed by atoms with van der Waals surface area (Å²) in [6, 6.07) is 7.49. The van der Waals surface area contributed by atoms with Gasteiger partial charge >= 0.3 is 0 Å². The van der Waals surface area contributed by atoms with Crippen LogP contribution in [0.5, 0.6) is 5.75 Å². The minimum atomic E-state index is -0.152. The Kier molecular flexibility index (Phi) is 4.85. The van der Waals surface area contributed by atoms with Gasteiger partial charge in [0, 0.05) is 10.9 Å². The molecule has 0 saturated carbocycles. The smallest absolute Gasteiger partial charge is 0.226 e. The Labute approximate surface area is 143 Å². The topological polar surface area (TPSA) is 92.8 Å². The fraction of sp³-hybridized carbons (Fsp3) is 0.250. The van der Waals surface area contributed by atoms with E-state index in [0.29, 0.717) is 16.5 Å². The third kappa shape index (κ3) is 3.60. The highest BCUT2D eigenvalue weighted by atomic mass is 32.1. The molecule has 0 aliphatic heterocycles. The van der Waals surface area contributed by atoms with Crippen molar-refractivity contribution in [2.24, 2.45) is 0 Å². The van der Waals surface area contributed by atoms with Crippen LogP contribution in [0.3, 0.4) is 0 Å². The first-order valence-corrected chi connectivity index (χ1v) is 8.27. The SMILES string of the molecule is COc1ccccc1C(C)NC(=O)Cc1csc(-c2ncn[nH]2)n1. The van der Waals surface area contributed by atoms with Gasteiger partial charge in [0.1, 0.15) is 12.1 Å². The second kappa shape index (κ2) is 7.22. The molecule has 7 nitrogen and oxygen atoms in total. The Morgan fingerprint density at radius 2 is 2.25 bits per heavy atom. The van der Waals surface area contributed by atoms with Gasteiger partial charge in [0.2, 0.25) is 5.91 Å². The molecule has 0 radical (unpaired) electrons. The number of methoxy groups -OCH3 is 1. The molecule has 1 unspecified atom stereocenters. The number of hydrogen-bond acceptors (Lipinski definition) is 6. The molecule has 0 fully saturated rings. The highest BCUT2D eigenvalue weighted by molar-refractivity contribution is 7.13. The lowest BCUT2D eigenvalue weighted by molar-refractivity contribution is -0.121. The van der Waals surface area contributed by atoms with Crippen LogP contribution in [0.15, 0.2) is 36.0 Å². The van der Waals surface area contributed by atoms with Gasteiger partial charge in [-0.25, -0.2) is 9.97 Å². The first-order valence-electron chi connectivity index (χ1n) is 7.39. The van der Waals surface area contributed by atoms with Crippen LogP contribution < -0.4 is 10.1 Å². The first kappa shape index (κ1) is 16.1. The summed E-state index contributed by atoms with van der Waals surface area (Å²) in [5.41, 5.74) is 1.64. The van der Waals surface area contributed by atoms with E-state index in [4.69, 9.17) is 4.74 Å². The van der Waals surface area contributed by atoms with E-state index < -0.39 is 0 Å². The quantitative estimate of drug-likeness (QED) is 0.717. The summed E-state index contributed by atoms with van der Waals surface area (Å²) < 4.78 is 5.33. The number of carbonyl (C=O) groups is 1. The van der Waals surface area contributed by atoms with Crippen LogP contribution in [-0.2, 0) is 11.2 Å². The zero-order valence-electron chi connectivity index (χ0n) is 13.3. The first-order chi connectivity index (χ1) is 11.7. The predicted molar refractivity (Wildman–Crippen MR) is 90.7 cm³/mol. The minimum absolute atomic E-state index is 0.0946. The summed E-state index contributed by atoms with van der Waals surface area (Å²) in [6.07, 6.45) is 1.64. The summed E-state index contributed by atoms with van der Waals surface area (Å²) in [5, 5.41) is 12.1. The van der Waals surface area contributed by atoms with Crippen molar-refractivity contribution in [1.82, 2.24) is 25.5 Å². The molecule has 0 aliphatic rings. The largest absolute Gasteiger partial charge is 0.496 e. The van der Waals surface area contributed by atoms with Gasteiger partial charge in [-0.2, -0.15) is 5.10 Å². The Bertz CT molecular complexity index is 816. The Morgan fingerprint density at radius 3 is 3.00 bits per heavy atom. The van der Waals surface area contributed by atoms with Crippen molar-refractivity contribution in [3.8, 4) is 16.6 Å². The normalized spacial score (nSPS) is 11.9. The van der Waals surface area contributed by atoms with Crippen molar-refractivity contribution in [3.05, 3.63) is 47.2 Å². The van der Waals surface area contributed by atoms with E-state index in [9.17, 15) is 4.79 Å². The maximum absolute atomic E-state index is 12.3. The van der Waals surface area contributed by atoms with Gasteiger partial charge in [0.05, 0.1) is 25.3 Å². The van der Waals surface area contributed by atoms with Gasteiger partial charge in [0.15, 0.2) is 10.8 Å². The lowest BCUT2D eigenvalue weighted by atomic mass is 10.1. The highest BCUT2D eigenvalue weighted by Crippen LogP contribution is 2.24. The maximum Gasteiger partial charge on any atom is 0.226 e. The zero-order chi connectivity index (χ0) is 16.9. The maximum atomic E-state index is 12.3. The molecule has 3 rings (SSSR count). The number of thiazole rings is 1. The number of aromatic amines is 1. The summed E-state index contributed by atoms with van der Waals surface area (Å²) in [4.78, 5) is 20.7. The number of hydrogen-bond donors (Lipinski definition) is 2. The fourth-order valence-electron chi connectivity index (χ4n) is 2.36. The Morgan fingerprint density at radius 1 is 1.42 bits per heavy atom. The van der Waals surface area contributed by atoms with Gasteiger partial charge in [-0.3, -0.25) is 9.89 Å². The average Bonchev–Trinajstić information content (AvgIpc) is 3.25. The summed E-state index contributed by atoms with van der Waals surface area (Å²) in [6.45, 7) is 1.93. The number of para-hydroxylation sites is 1. The van der Waals surface area contributed by atoms with Crippen LogP contribution >= 0.6 is 11.3 Å². The van der Waals surface area contributed by atoms with Crippen LogP contribution in [0.2, 0.25) is 0 Å².